The van der Waals surface area contributed by atoms with Gasteiger partial charge in [-0.3, -0.25) is 4.79 Å². The Morgan fingerprint density at radius 1 is 1.59 bits per heavy atom. The van der Waals surface area contributed by atoms with Crippen molar-refractivity contribution < 1.29 is 18.3 Å². The number of rotatable bonds is 6. The van der Waals surface area contributed by atoms with Crippen LogP contribution in [0.4, 0.5) is 0 Å². The first-order chi connectivity index (χ1) is 7.86. The van der Waals surface area contributed by atoms with E-state index in [0.29, 0.717) is 10.2 Å². The minimum atomic E-state index is -3.75. The van der Waals surface area contributed by atoms with Crippen LogP contribution < -0.4 is 4.72 Å². The van der Waals surface area contributed by atoms with Crippen LogP contribution in [0.2, 0.25) is 0 Å². The molecule has 0 aromatic carbocycles. The maximum Gasteiger partial charge on any atom is 0.321 e. The van der Waals surface area contributed by atoms with Crippen LogP contribution in [0.3, 0.4) is 0 Å². The van der Waals surface area contributed by atoms with Gasteiger partial charge < -0.3 is 5.11 Å². The molecule has 8 heteroatoms. The Hall–Kier alpha value is -0.440. The number of sulfonamides is 1. The molecular formula is C9H12BrNO4S2. The highest BCUT2D eigenvalue weighted by molar-refractivity contribution is 9.11. The Bertz CT molecular complexity index is 497. The smallest absolute Gasteiger partial charge is 0.321 e. The molecule has 0 saturated heterocycles. The van der Waals surface area contributed by atoms with Gasteiger partial charge in [-0.15, -0.1) is 11.3 Å². The summed E-state index contributed by atoms with van der Waals surface area (Å²) in [5.41, 5.74) is 0. The second-order valence-electron chi connectivity index (χ2n) is 3.36. The maximum atomic E-state index is 11.9. The molecule has 0 fully saturated rings. The fourth-order valence-electron chi connectivity index (χ4n) is 1.21. The molecule has 0 aliphatic rings. The van der Waals surface area contributed by atoms with Gasteiger partial charge >= 0.3 is 5.97 Å². The van der Waals surface area contributed by atoms with Crippen LogP contribution in [0.5, 0.6) is 0 Å². The van der Waals surface area contributed by atoms with E-state index in [1.807, 2.05) is 0 Å². The number of nitrogens with one attached hydrogen (secondary N) is 1. The number of carboxylic acid groups (broad SMARTS) is 1. The Morgan fingerprint density at radius 2 is 2.24 bits per heavy atom. The first-order valence-electron chi connectivity index (χ1n) is 4.87. The summed E-state index contributed by atoms with van der Waals surface area (Å²) in [7, 11) is -3.75. The predicted octanol–water partition coefficient (Wildman–Crippen LogP) is 2.04. The first-order valence-corrected chi connectivity index (χ1v) is 7.96. The summed E-state index contributed by atoms with van der Waals surface area (Å²) in [5, 5.41) is 8.89. The SMILES string of the molecule is CCCC(NS(=O)(=O)c1ccc(Br)s1)C(=O)O. The third-order valence-corrected chi connectivity index (χ3v) is 5.57. The van der Waals surface area contributed by atoms with Crippen molar-refractivity contribution in [3.63, 3.8) is 0 Å². The molecule has 0 spiro atoms. The second-order valence-corrected chi connectivity index (χ2v) is 7.76. The van der Waals surface area contributed by atoms with Gasteiger partial charge in [-0.05, 0) is 34.5 Å². The van der Waals surface area contributed by atoms with E-state index in [1.165, 1.54) is 6.07 Å². The molecule has 0 amide bonds. The predicted molar refractivity (Wildman–Crippen MR) is 68.7 cm³/mol. The van der Waals surface area contributed by atoms with Gasteiger partial charge in [-0.2, -0.15) is 4.72 Å². The average molecular weight is 342 g/mol. The zero-order valence-electron chi connectivity index (χ0n) is 9.01. The van der Waals surface area contributed by atoms with Gasteiger partial charge in [0.05, 0.1) is 3.79 Å². The molecule has 0 radical (unpaired) electrons. The molecular weight excluding hydrogens is 330 g/mol. The van der Waals surface area contributed by atoms with Gasteiger partial charge in [0.1, 0.15) is 10.3 Å². The normalized spacial score (nSPS) is 13.5. The lowest BCUT2D eigenvalue weighted by Crippen LogP contribution is -2.40. The van der Waals surface area contributed by atoms with Crippen LogP contribution >= 0.6 is 27.3 Å². The van der Waals surface area contributed by atoms with E-state index in [9.17, 15) is 13.2 Å². The van der Waals surface area contributed by atoms with Crippen LogP contribution in [0.15, 0.2) is 20.1 Å². The molecule has 1 rings (SSSR count). The van der Waals surface area contributed by atoms with Gasteiger partial charge in [0.25, 0.3) is 10.0 Å². The van der Waals surface area contributed by atoms with Crippen LogP contribution in [0.25, 0.3) is 0 Å². The number of hydrogen-bond acceptors (Lipinski definition) is 4. The van der Waals surface area contributed by atoms with Crippen molar-refractivity contribution in [3.8, 4) is 0 Å². The summed E-state index contributed by atoms with van der Waals surface area (Å²) >= 11 is 4.20. The molecule has 0 aliphatic heterocycles. The summed E-state index contributed by atoms with van der Waals surface area (Å²) in [6.45, 7) is 1.80. The zero-order chi connectivity index (χ0) is 13.1. The van der Waals surface area contributed by atoms with Gasteiger partial charge in [0.2, 0.25) is 0 Å². The van der Waals surface area contributed by atoms with Crippen LogP contribution in [0, 0.1) is 0 Å². The molecule has 96 valence electrons. The van der Waals surface area contributed by atoms with E-state index in [-0.39, 0.29) is 10.6 Å². The lowest BCUT2D eigenvalue weighted by Gasteiger charge is -2.12. The Morgan fingerprint density at radius 3 is 2.65 bits per heavy atom. The number of carbonyl (C=O) groups is 1. The highest BCUT2D eigenvalue weighted by Crippen LogP contribution is 2.26. The number of carboxylic acids is 1. The fourth-order valence-corrected chi connectivity index (χ4v) is 4.46. The summed E-state index contributed by atoms with van der Waals surface area (Å²) in [5.74, 6) is -1.16. The quantitative estimate of drug-likeness (QED) is 0.829. The first kappa shape index (κ1) is 14.6. The van der Waals surface area contributed by atoms with E-state index in [1.54, 1.807) is 13.0 Å². The monoisotopic (exact) mass is 341 g/mol. The molecule has 0 aliphatic carbocycles. The standard InChI is InChI=1S/C9H12BrNO4S2/c1-2-3-6(9(12)13)11-17(14,15)8-5-4-7(10)16-8/h4-6,11H,2-3H2,1H3,(H,12,13). The number of hydrogen-bond donors (Lipinski definition) is 2. The largest absolute Gasteiger partial charge is 0.480 e. The van der Waals surface area contributed by atoms with Crippen LogP contribution in [-0.2, 0) is 14.8 Å². The Balaban J connectivity index is 2.88. The van der Waals surface area contributed by atoms with Crippen LogP contribution in [0.1, 0.15) is 19.8 Å². The van der Waals surface area contributed by atoms with Crippen molar-refractivity contribution in [2.24, 2.45) is 0 Å². The highest BCUT2D eigenvalue weighted by atomic mass is 79.9. The lowest BCUT2D eigenvalue weighted by atomic mass is 10.2. The Labute approximate surface area is 112 Å². The van der Waals surface area contributed by atoms with E-state index in [0.717, 1.165) is 11.3 Å². The molecule has 17 heavy (non-hydrogen) atoms. The van der Waals surface area contributed by atoms with E-state index < -0.39 is 22.0 Å². The van der Waals surface area contributed by atoms with E-state index >= 15 is 0 Å². The number of aliphatic carboxylic acids is 1. The third-order valence-electron chi connectivity index (χ3n) is 1.99. The minimum absolute atomic E-state index is 0.103. The van der Waals surface area contributed by atoms with E-state index in [2.05, 4.69) is 20.7 Å². The summed E-state index contributed by atoms with van der Waals surface area (Å²) in [6, 6.07) is 1.96. The van der Waals surface area contributed by atoms with Gasteiger partial charge in [-0.1, -0.05) is 13.3 Å². The summed E-state index contributed by atoms with van der Waals surface area (Å²) < 4.78 is 26.7. The van der Waals surface area contributed by atoms with Crippen molar-refractivity contribution in [2.75, 3.05) is 0 Å². The molecule has 1 aromatic heterocycles. The average Bonchev–Trinajstić information content (AvgIpc) is 2.64. The molecule has 5 nitrogen and oxygen atoms in total. The molecule has 1 aromatic rings. The topological polar surface area (TPSA) is 83.5 Å². The van der Waals surface area contributed by atoms with Crippen molar-refractivity contribution in [3.05, 3.63) is 15.9 Å². The van der Waals surface area contributed by atoms with Crippen LogP contribution in [-0.4, -0.2) is 25.5 Å². The van der Waals surface area contributed by atoms with Gasteiger partial charge in [-0.25, -0.2) is 8.42 Å². The minimum Gasteiger partial charge on any atom is -0.480 e. The number of halogens is 1. The molecule has 0 bridgehead atoms. The fraction of sp³-hybridized carbons (Fsp3) is 0.444. The van der Waals surface area contributed by atoms with Crippen molar-refractivity contribution in [1.29, 1.82) is 0 Å². The molecule has 1 unspecified atom stereocenters. The van der Waals surface area contributed by atoms with Gasteiger partial charge in [0, 0.05) is 0 Å². The molecule has 1 atom stereocenters. The van der Waals surface area contributed by atoms with Gasteiger partial charge in [0.15, 0.2) is 0 Å². The molecule has 1 heterocycles. The van der Waals surface area contributed by atoms with Crippen molar-refractivity contribution >= 4 is 43.3 Å². The lowest BCUT2D eigenvalue weighted by molar-refractivity contribution is -0.139. The van der Waals surface area contributed by atoms with Crippen molar-refractivity contribution in [1.82, 2.24) is 4.72 Å². The zero-order valence-corrected chi connectivity index (χ0v) is 12.2. The Kier molecular flexibility index (Phi) is 5.11. The van der Waals surface area contributed by atoms with Crippen molar-refractivity contribution in [2.45, 2.75) is 30.0 Å². The number of thiophene rings is 1. The summed E-state index contributed by atoms with van der Waals surface area (Å²) in [4.78, 5) is 10.9. The van der Waals surface area contributed by atoms with E-state index in [4.69, 9.17) is 5.11 Å². The maximum absolute atomic E-state index is 11.9. The highest BCUT2D eigenvalue weighted by Gasteiger charge is 2.25. The third kappa shape index (κ3) is 4.06. The summed E-state index contributed by atoms with van der Waals surface area (Å²) in [6.07, 6.45) is 0.856. The molecule has 0 saturated carbocycles. The molecule has 2 N–H and O–H groups in total. The second kappa shape index (κ2) is 5.94.